The van der Waals surface area contributed by atoms with Crippen LogP contribution in [-0.2, 0) is 0 Å². The van der Waals surface area contributed by atoms with E-state index in [0.717, 1.165) is 21.2 Å². The van der Waals surface area contributed by atoms with Gasteiger partial charge in [-0.05, 0) is 36.8 Å². The third-order valence-corrected chi connectivity index (χ3v) is 3.69. The molecule has 1 atom stereocenters. The van der Waals surface area contributed by atoms with E-state index in [9.17, 15) is 0 Å². The summed E-state index contributed by atoms with van der Waals surface area (Å²) in [4.78, 5) is 8.73. The molecule has 1 aromatic carbocycles. The van der Waals surface area contributed by atoms with Crippen molar-refractivity contribution in [2.24, 2.45) is 0 Å². The minimum Gasteiger partial charge on any atom is -0.369 e. The molecule has 0 aliphatic heterocycles. The highest BCUT2D eigenvalue weighted by atomic mass is 79.9. The van der Waals surface area contributed by atoms with Gasteiger partial charge in [-0.2, -0.15) is 0 Å². The van der Waals surface area contributed by atoms with Crippen LogP contribution in [0.4, 0.5) is 5.95 Å². The number of aromatic nitrogens is 3. The molecule has 0 saturated carbocycles. The molecule has 0 fully saturated rings. The van der Waals surface area contributed by atoms with Crippen molar-refractivity contribution in [3.05, 3.63) is 52.6 Å². The monoisotopic (exact) mass is 316 g/mol. The van der Waals surface area contributed by atoms with Crippen LogP contribution in [0.2, 0.25) is 0 Å². The highest BCUT2D eigenvalue weighted by Crippen LogP contribution is 2.27. The van der Waals surface area contributed by atoms with E-state index >= 15 is 0 Å². The van der Waals surface area contributed by atoms with Gasteiger partial charge in [0.2, 0.25) is 5.95 Å². The number of pyridine rings is 1. The van der Waals surface area contributed by atoms with Gasteiger partial charge in [-0.1, -0.05) is 28.1 Å². The van der Waals surface area contributed by atoms with Crippen LogP contribution in [0.5, 0.6) is 0 Å². The van der Waals surface area contributed by atoms with Crippen molar-refractivity contribution >= 4 is 33.0 Å². The number of nitrogens with zero attached hydrogens (tertiary/aromatic N) is 3. The Morgan fingerprint density at radius 1 is 1.26 bits per heavy atom. The SMILES string of the molecule is CC(c1cccc(Br)c1)n1c(N)nc2cccnc21. The summed E-state index contributed by atoms with van der Waals surface area (Å²) in [6, 6.07) is 12.0. The molecular weight excluding hydrogens is 304 g/mol. The molecule has 0 bridgehead atoms. The second-order valence-electron chi connectivity index (χ2n) is 4.42. The molecular formula is C14H13BrN4. The van der Waals surface area contributed by atoms with Gasteiger partial charge in [-0.15, -0.1) is 0 Å². The maximum atomic E-state index is 6.03. The first-order chi connectivity index (χ1) is 9.16. The van der Waals surface area contributed by atoms with Crippen molar-refractivity contribution in [3.8, 4) is 0 Å². The van der Waals surface area contributed by atoms with E-state index in [0.29, 0.717) is 5.95 Å². The fourth-order valence-electron chi connectivity index (χ4n) is 2.24. The number of nitrogen functional groups attached to an aromatic ring is 1. The molecule has 2 N–H and O–H groups in total. The number of benzene rings is 1. The molecule has 0 saturated heterocycles. The quantitative estimate of drug-likeness (QED) is 0.788. The normalized spacial score (nSPS) is 12.7. The van der Waals surface area contributed by atoms with E-state index in [-0.39, 0.29) is 6.04 Å². The van der Waals surface area contributed by atoms with Crippen LogP contribution in [0.15, 0.2) is 47.1 Å². The zero-order valence-corrected chi connectivity index (χ0v) is 12.0. The molecule has 96 valence electrons. The van der Waals surface area contributed by atoms with Gasteiger partial charge < -0.3 is 5.73 Å². The fraction of sp³-hybridized carbons (Fsp3) is 0.143. The first kappa shape index (κ1) is 12.2. The van der Waals surface area contributed by atoms with Gasteiger partial charge in [0, 0.05) is 10.7 Å². The standard InChI is InChI=1S/C14H13BrN4/c1-9(10-4-2-5-11(15)8-10)19-13-12(18-14(19)16)6-3-7-17-13/h2-9H,1H3,(H2,16,18). The first-order valence-corrected chi connectivity index (χ1v) is 6.80. The maximum absolute atomic E-state index is 6.03. The molecule has 3 rings (SSSR count). The molecule has 0 spiro atoms. The minimum atomic E-state index is 0.0809. The van der Waals surface area contributed by atoms with Gasteiger partial charge >= 0.3 is 0 Å². The van der Waals surface area contributed by atoms with Crippen LogP contribution < -0.4 is 5.73 Å². The van der Waals surface area contributed by atoms with Gasteiger partial charge in [-0.3, -0.25) is 4.57 Å². The van der Waals surface area contributed by atoms with Crippen LogP contribution in [0, 0.1) is 0 Å². The molecule has 2 heterocycles. The van der Waals surface area contributed by atoms with Crippen LogP contribution in [-0.4, -0.2) is 14.5 Å². The Morgan fingerprint density at radius 2 is 2.11 bits per heavy atom. The zero-order chi connectivity index (χ0) is 13.4. The lowest BCUT2D eigenvalue weighted by molar-refractivity contribution is 0.662. The fourth-order valence-corrected chi connectivity index (χ4v) is 2.66. The summed E-state index contributed by atoms with van der Waals surface area (Å²) in [5.74, 6) is 0.487. The Bertz CT molecular complexity index is 735. The molecule has 0 radical (unpaired) electrons. The molecule has 0 amide bonds. The van der Waals surface area contributed by atoms with Crippen molar-refractivity contribution in [2.45, 2.75) is 13.0 Å². The molecule has 2 aromatic heterocycles. The van der Waals surface area contributed by atoms with Crippen LogP contribution in [0.3, 0.4) is 0 Å². The van der Waals surface area contributed by atoms with E-state index in [1.54, 1.807) is 6.20 Å². The molecule has 0 aliphatic rings. The second kappa shape index (κ2) is 4.66. The lowest BCUT2D eigenvalue weighted by atomic mass is 10.1. The summed E-state index contributed by atoms with van der Waals surface area (Å²) in [5.41, 5.74) is 8.82. The van der Waals surface area contributed by atoms with E-state index in [1.165, 1.54) is 0 Å². The molecule has 5 heteroatoms. The van der Waals surface area contributed by atoms with Gasteiger partial charge in [0.15, 0.2) is 5.65 Å². The van der Waals surface area contributed by atoms with E-state index in [4.69, 9.17) is 5.73 Å². The number of hydrogen-bond donors (Lipinski definition) is 1. The Kier molecular flexibility index (Phi) is 2.98. The van der Waals surface area contributed by atoms with Crippen molar-refractivity contribution in [3.63, 3.8) is 0 Å². The van der Waals surface area contributed by atoms with Crippen LogP contribution in [0.1, 0.15) is 18.5 Å². The van der Waals surface area contributed by atoms with E-state index in [2.05, 4.69) is 45.0 Å². The average Bonchev–Trinajstić information content (AvgIpc) is 2.74. The summed E-state index contributed by atoms with van der Waals surface area (Å²) in [7, 11) is 0. The summed E-state index contributed by atoms with van der Waals surface area (Å²) in [5, 5.41) is 0. The Balaban J connectivity index is 2.16. The van der Waals surface area contributed by atoms with Crippen LogP contribution in [0.25, 0.3) is 11.2 Å². The third kappa shape index (κ3) is 2.10. The predicted octanol–water partition coefficient (Wildman–Crippen LogP) is 3.39. The van der Waals surface area contributed by atoms with Crippen LogP contribution >= 0.6 is 15.9 Å². The number of halogens is 1. The summed E-state index contributed by atoms with van der Waals surface area (Å²) in [6.07, 6.45) is 1.76. The minimum absolute atomic E-state index is 0.0809. The van der Waals surface area contributed by atoms with Gasteiger partial charge in [0.25, 0.3) is 0 Å². The van der Waals surface area contributed by atoms with Crippen molar-refractivity contribution < 1.29 is 0 Å². The average molecular weight is 317 g/mol. The summed E-state index contributed by atoms with van der Waals surface area (Å²) in [6.45, 7) is 2.09. The Labute approximate surface area is 119 Å². The van der Waals surface area contributed by atoms with E-state index in [1.807, 2.05) is 28.8 Å². The predicted molar refractivity (Wildman–Crippen MR) is 79.9 cm³/mol. The number of nitrogens with two attached hydrogens (primary N) is 1. The van der Waals surface area contributed by atoms with E-state index < -0.39 is 0 Å². The molecule has 3 aromatic rings. The van der Waals surface area contributed by atoms with Crippen molar-refractivity contribution in [1.29, 1.82) is 0 Å². The summed E-state index contributed by atoms with van der Waals surface area (Å²) < 4.78 is 3.00. The highest BCUT2D eigenvalue weighted by Gasteiger charge is 2.16. The first-order valence-electron chi connectivity index (χ1n) is 6.00. The lowest BCUT2D eigenvalue weighted by Crippen LogP contribution is -2.10. The van der Waals surface area contributed by atoms with Gasteiger partial charge in [0.1, 0.15) is 5.52 Å². The number of hydrogen-bond acceptors (Lipinski definition) is 3. The Hall–Kier alpha value is -1.88. The molecule has 19 heavy (non-hydrogen) atoms. The van der Waals surface area contributed by atoms with Crippen molar-refractivity contribution in [1.82, 2.24) is 14.5 Å². The maximum Gasteiger partial charge on any atom is 0.203 e. The lowest BCUT2D eigenvalue weighted by Gasteiger charge is -2.16. The number of anilines is 1. The zero-order valence-electron chi connectivity index (χ0n) is 10.4. The van der Waals surface area contributed by atoms with Gasteiger partial charge in [0.05, 0.1) is 6.04 Å². The number of rotatable bonds is 2. The second-order valence-corrected chi connectivity index (χ2v) is 5.33. The largest absolute Gasteiger partial charge is 0.369 e. The molecule has 4 nitrogen and oxygen atoms in total. The smallest absolute Gasteiger partial charge is 0.203 e. The Morgan fingerprint density at radius 3 is 2.89 bits per heavy atom. The summed E-state index contributed by atoms with van der Waals surface area (Å²) >= 11 is 3.49. The van der Waals surface area contributed by atoms with Gasteiger partial charge in [-0.25, -0.2) is 9.97 Å². The topological polar surface area (TPSA) is 56.7 Å². The number of imidazole rings is 1. The highest BCUT2D eigenvalue weighted by molar-refractivity contribution is 9.10. The number of fused-ring (bicyclic) bond motifs is 1. The van der Waals surface area contributed by atoms with Crippen molar-refractivity contribution in [2.75, 3.05) is 5.73 Å². The molecule has 1 unspecified atom stereocenters. The molecule has 0 aliphatic carbocycles. The third-order valence-electron chi connectivity index (χ3n) is 3.19.